The van der Waals surface area contributed by atoms with Crippen LogP contribution in [0.3, 0.4) is 0 Å². The Morgan fingerprint density at radius 1 is 0.926 bits per heavy atom. The molecule has 1 fully saturated rings. The monoisotopic (exact) mass is 771 g/mol. The number of pyridine rings is 1. The van der Waals surface area contributed by atoms with Crippen molar-refractivity contribution in [2.75, 3.05) is 26.7 Å². The van der Waals surface area contributed by atoms with Crippen LogP contribution < -0.4 is 10.9 Å². The number of aryl methyl sites for hydroxylation is 2. The summed E-state index contributed by atoms with van der Waals surface area (Å²) in [6, 6.07) is 0.821. The van der Waals surface area contributed by atoms with E-state index in [0.717, 1.165) is 22.9 Å². The molecule has 0 radical (unpaired) electrons. The van der Waals surface area contributed by atoms with Crippen LogP contribution in [0.4, 0.5) is 35.1 Å². The van der Waals surface area contributed by atoms with E-state index < -0.39 is 76.6 Å². The Morgan fingerprint density at radius 3 is 2.24 bits per heavy atom. The molecule has 1 amide bonds. The molecule has 2 aliphatic rings. The van der Waals surface area contributed by atoms with Gasteiger partial charge in [0.05, 0.1) is 29.7 Å². The van der Waals surface area contributed by atoms with Crippen molar-refractivity contribution in [3.05, 3.63) is 91.9 Å². The average molecular weight is 772 g/mol. The first-order valence-corrected chi connectivity index (χ1v) is 17.7. The fraction of sp³-hybridized carbons (Fsp3) is 0.500. The first-order chi connectivity index (χ1) is 25.4. The molecule has 294 valence electrons. The van der Waals surface area contributed by atoms with Gasteiger partial charge in [-0.2, -0.15) is 26.3 Å². The number of ether oxygens (including phenoxy) is 1. The van der Waals surface area contributed by atoms with E-state index in [9.17, 15) is 50.2 Å². The molecule has 0 saturated carbocycles. The summed E-state index contributed by atoms with van der Waals surface area (Å²) in [5, 5.41) is 12.1. The summed E-state index contributed by atoms with van der Waals surface area (Å²) in [5.41, 5.74) is -4.55. The third-order valence-electron chi connectivity index (χ3n) is 10.1. The lowest BCUT2D eigenvalue weighted by molar-refractivity contribution is -0.140. The van der Waals surface area contributed by atoms with E-state index in [1.54, 1.807) is 0 Å². The van der Waals surface area contributed by atoms with E-state index >= 15 is 4.39 Å². The third-order valence-corrected chi connectivity index (χ3v) is 10.1. The van der Waals surface area contributed by atoms with E-state index in [0.29, 0.717) is 56.5 Å². The smallest absolute Gasteiger partial charge is 0.419 e. The number of nitrogens with zero attached hydrogens (tertiary/aromatic N) is 2. The summed E-state index contributed by atoms with van der Waals surface area (Å²) in [4.78, 5) is 41.4. The van der Waals surface area contributed by atoms with Gasteiger partial charge in [-0.05, 0) is 84.7 Å². The first-order valence-electron chi connectivity index (χ1n) is 17.7. The maximum atomic E-state index is 16.0. The molecule has 8 nitrogen and oxygen atoms in total. The standard InChI is InChI=1S/C38H41F8N3O5/c1-21-12-25(39)13-22-8-6-4-3-5-7-9-31(49-18-23(10-11-48-19-26(20-48)54-2)28(16-32(49)50)37(41,42)43)36(53)47-30(17-33(51)52)27-14-24(34(21)22)15-29(35(27)40)38(44,45)46/h12-16,18,26,30-31H,3-11,17,19-20H2,1-2H3,(H,47,53)(H,51,52)/t30-,31-/m0/s1. The number of hydrogen-bond acceptors (Lipinski definition) is 5. The van der Waals surface area contributed by atoms with Gasteiger partial charge in [0.1, 0.15) is 17.7 Å². The highest BCUT2D eigenvalue weighted by Crippen LogP contribution is 2.41. The lowest BCUT2D eigenvalue weighted by Crippen LogP contribution is -2.52. The highest BCUT2D eigenvalue weighted by molar-refractivity contribution is 5.82. The van der Waals surface area contributed by atoms with Crippen LogP contribution in [0.5, 0.6) is 0 Å². The van der Waals surface area contributed by atoms with Crippen molar-refractivity contribution in [2.45, 2.75) is 95.3 Å². The van der Waals surface area contributed by atoms with Crippen molar-refractivity contribution >= 4 is 11.9 Å². The van der Waals surface area contributed by atoms with Crippen molar-refractivity contribution < 1.29 is 54.6 Å². The van der Waals surface area contributed by atoms with Crippen molar-refractivity contribution in [1.29, 1.82) is 0 Å². The van der Waals surface area contributed by atoms with E-state index in [-0.39, 0.29) is 60.6 Å². The number of carbonyl (C=O) groups is 2. The van der Waals surface area contributed by atoms with Gasteiger partial charge in [-0.1, -0.05) is 25.7 Å². The Morgan fingerprint density at radius 2 is 1.59 bits per heavy atom. The predicted octanol–water partition coefficient (Wildman–Crippen LogP) is 7.78. The summed E-state index contributed by atoms with van der Waals surface area (Å²) in [5.74, 6) is -5.17. The molecule has 2 atom stereocenters. The molecule has 16 heteroatoms. The van der Waals surface area contributed by atoms with Crippen LogP contribution in [0.2, 0.25) is 0 Å². The molecule has 0 aliphatic carbocycles. The first kappa shape index (κ1) is 40.9. The number of rotatable bonds is 7. The Hall–Kier alpha value is -4.31. The van der Waals surface area contributed by atoms with Crippen LogP contribution in [0.25, 0.3) is 11.1 Å². The quantitative estimate of drug-likeness (QED) is 0.238. The van der Waals surface area contributed by atoms with Gasteiger partial charge in [0.2, 0.25) is 5.91 Å². The number of carboxylic acid groups (broad SMARTS) is 1. The number of amides is 1. The number of halogens is 8. The molecule has 5 rings (SSSR count). The normalized spacial score (nSPS) is 19.6. The van der Waals surface area contributed by atoms with E-state index in [1.165, 1.54) is 20.1 Å². The number of carboxylic acids is 1. The lowest BCUT2D eigenvalue weighted by Gasteiger charge is -2.38. The number of methoxy groups -OCH3 is 1. The lowest BCUT2D eigenvalue weighted by atomic mass is 9.87. The number of benzene rings is 2. The van der Waals surface area contributed by atoms with Crippen molar-refractivity contribution in [3.8, 4) is 11.1 Å². The molecule has 54 heavy (non-hydrogen) atoms. The Bertz CT molecular complexity index is 1920. The molecule has 2 N–H and O–H groups in total. The third kappa shape index (κ3) is 9.49. The summed E-state index contributed by atoms with van der Waals surface area (Å²) < 4.78 is 122. The number of carbonyl (C=O) groups excluding carboxylic acids is 1. The number of alkyl halides is 6. The van der Waals surface area contributed by atoms with Crippen molar-refractivity contribution in [2.24, 2.45) is 0 Å². The molecule has 0 spiro atoms. The molecule has 0 unspecified atom stereocenters. The summed E-state index contributed by atoms with van der Waals surface area (Å²) in [6.07, 6.45) is -7.90. The molecule has 1 saturated heterocycles. The number of aromatic nitrogens is 1. The summed E-state index contributed by atoms with van der Waals surface area (Å²) in [7, 11) is 1.52. The van der Waals surface area contributed by atoms with E-state index in [4.69, 9.17) is 4.74 Å². The van der Waals surface area contributed by atoms with Crippen LogP contribution in [-0.4, -0.2) is 59.3 Å². The summed E-state index contributed by atoms with van der Waals surface area (Å²) in [6.45, 7) is 2.64. The molecular formula is C38H41F8N3O5. The maximum Gasteiger partial charge on any atom is 0.419 e. The van der Waals surface area contributed by atoms with Gasteiger partial charge in [0.25, 0.3) is 5.56 Å². The molecular weight excluding hydrogens is 730 g/mol. The van der Waals surface area contributed by atoms with E-state index in [2.05, 4.69) is 5.32 Å². The Kier molecular flexibility index (Phi) is 12.6. The molecule has 1 aromatic heterocycles. The number of hydrogen-bond donors (Lipinski definition) is 2. The zero-order valence-corrected chi connectivity index (χ0v) is 29.7. The van der Waals surface area contributed by atoms with Crippen LogP contribution in [0.15, 0.2) is 41.3 Å². The fourth-order valence-corrected chi connectivity index (χ4v) is 7.37. The Balaban J connectivity index is 1.63. The topological polar surface area (TPSA) is 101 Å². The number of likely N-dealkylation sites (tertiary alicyclic amines) is 1. The molecule has 2 aromatic carbocycles. The maximum absolute atomic E-state index is 16.0. The van der Waals surface area contributed by atoms with Crippen LogP contribution in [0, 0.1) is 18.6 Å². The minimum Gasteiger partial charge on any atom is -0.481 e. The van der Waals surface area contributed by atoms with Crippen LogP contribution in [-0.2, 0) is 39.5 Å². The highest BCUT2D eigenvalue weighted by Gasteiger charge is 2.39. The zero-order chi connectivity index (χ0) is 39.5. The molecule has 3 heterocycles. The highest BCUT2D eigenvalue weighted by atomic mass is 19.4. The Labute approximate surface area is 306 Å². The second-order valence-electron chi connectivity index (χ2n) is 14.0. The van der Waals surface area contributed by atoms with Crippen molar-refractivity contribution in [1.82, 2.24) is 14.8 Å². The van der Waals surface area contributed by atoms with Crippen molar-refractivity contribution in [3.63, 3.8) is 0 Å². The van der Waals surface area contributed by atoms with Gasteiger partial charge < -0.3 is 19.7 Å². The van der Waals surface area contributed by atoms with Gasteiger partial charge in [-0.15, -0.1) is 0 Å². The zero-order valence-electron chi connectivity index (χ0n) is 29.7. The predicted molar refractivity (Wildman–Crippen MR) is 182 cm³/mol. The minimum absolute atomic E-state index is 0.0682. The second-order valence-corrected chi connectivity index (χ2v) is 14.0. The van der Waals surface area contributed by atoms with Gasteiger partial charge in [-0.3, -0.25) is 19.3 Å². The SMILES string of the molecule is COC1CN(CCc2cn([C@H]3CCCCCCCc4cc(F)cc(C)c4-c4cc(c(F)c(C(F)(F)F)c4)[C@H](CC(=O)O)NC3=O)c(=O)cc2C(F)(F)F)C1. The number of fused-ring (bicyclic) bond motifs is 4. The fourth-order valence-electron chi connectivity index (χ4n) is 7.37. The second kappa shape index (κ2) is 16.6. The van der Waals surface area contributed by atoms with Gasteiger partial charge >= 0.3 is 18.3 Å². The van der Waals surface area contributed by atoms with Gasteiger partial charge in [-0.25, -0.2) is 8.78 Å². The number of aliphatic carboxylic acids is 1. The summed E-state index contributed by atoms with van der Waals surface area (Å²) >= 11 is 0. The number of nitrogens with one attached hydrogen (secondary N) is 1. The van der Waals surface area contributed by atoms with Gasteiger partial charge in [0.15, 0.2) is 0 Å². The minimum atomic E-state index is -5.27. The molecule has 2 aliphatic heterocycles. The van der Waals surface area contributed by atoms with Crippen LogP contribution >= 0.6 is 0 Å². The van der Waals surface area contributed by atoms with Gasteiger partial charge in [0, 0.05) is 44.6 Å². The largest absolute Gasteiger partial charge is 0.481 e. The van der Waals surface area contributed by atoms with Crippen LogP contribution in [0.1, 0.15) is 90.4 Å². The molecule has 2 bridgehead atoms. The van der Waals surface area contributed by atoms with E-state index in [1.807, 2.05) is 4.90 Å². The average Bonchev–Trinajstić information content (AvgIpc) is 3.04. The molecule has 3 aromatic rings.